The molecule has 15 heavy (non-hydrogen) atoms. The smallest absolute Gasteiger partial charge is 0.284 e. The highest BCUT2D eigenvalue weighted by atomic mass is 32.2. The molecule has 10 heteroatoms. The van der Waals surface area contributed by atoms with Crippen molar-refractivity contribution in [2.45, 2.75) is 5.03 Å². The summed E-state index contributed by atoms with van der Waals surface area (Å²) in [6.45, 7) is 0. The van der Waals surface area contributed by atoms with Gasteiger partial charge in [-0.1, -0.05) is 0 Å². The van der Waals surface area contributed by atoms with Gasteiger partial charge in [0.2, 0.25) is 0 Å². The largest absolute Gasteiger partial charge is 0.409 e. The molecule has 2 rings (SSSR count). The predicted octanol–water partition coefficient (Wildman–Crippen LogP) is -0.230. The Balaban J connectivity index is 2.65. The summed E-state index contributed by atoms with van der Waals surface area (Å²) < 4.78 is 27.1. The second-order valence-electron chi connectivity index (χ2n) is 2.58. The van der Waals surface area contributed by atoms with Crippen molar-refractivity contribution < 1.29 is 12.8 Å². The van der Waals surface area contributed by atoms with Gasteiger partial charge in [0.05, 0.1) is 11.8 Å². The maximum Gasteiger partial charge on any atom is 0.284 e. The van der Waals surface area contributed by atoms with E-state index in [-0.39, 0.29) is 21.3 Å². The predicted molar refractivity (Wildman–Crippen MR) is 50.6 cm³/mol. The van der Waals surface area contributed by atoms with Gasteiger partial charge in [-0.3, -0.25) is 5.10 Å². The van der Waals surface area contributed by atoms with E-state index in [1.807, 2.05) is 0 Å². The maximum absolute atomic E-state index is 11.1. The van der Waals surface area contributed by atoms with Gasteiger partial charge >= 0.3 is 0 Å². The van der Waals surface area contributed by atoms with Crippen LogP contribution in [0.25, 0.3) is 11.5 Å². The van der Waals surface area contributed by atoms with Crippen molar-refractivity contribution in [3.05, 3.63) is 11.0 Å². The van der Waals surface area contributed by atoms with Gasteiger partial charge in [-0.2, -0.15) is 5.10 Å². The van der Waals surface area contributed by atoms with E-state index in [0.29, 0.717) is 0 Å². The Morgan fingerprint density at radius 2 is 2.20 bits per heavy atom. The van der Waals surface area contributed by atoms with Crippen molar-refractivity contribution >= 4 is 22.2 Å². The van der Waals surface area contributed by atoms with Crippen LogP contribution in [0.1, 0.15) is 0 Å². The molecule has 0 saturated heterocycles. The van der Waals surface area contributed by atoms with Crippen molar-refractivity contribution in [3.63, 3.8) is 0 Å². The number of nitrogens with zero attached hydrogens (tertiary/aromatic N) is 2. The molecule has 0 aromatic carbocycles. The van der Waals surface area contributed by atoms with Gasteiger partial charge in [0.1, 0.15) is 0 Å². The molecule has 0 aliphatic heterocycles. The van der Waals surface area contributed by atoms with Crippen LogP contribution in [0.4, 0.5) is 0 Å². The fraction of sp³-hybridized carbons (Fsp3) is 0. The summed E-state index contributed by atoms with van der Waals surface area (Å²) in [4.78, 5) is 0.0339. The Bertz CT molecular complexity index is 635. The minimum absolute atomic E-state index is 0.0118. The minimum atomic E-state index is -3.89. The van der Waals surface area contributed by atoms with Crippen molar-refractivity contribution in [1.29, 1.82) is 0 Å². The fourth-order valence-electron chi connectivity index (χ4n) is 0.989. The molecule has 0 radical (unpaired) electrons. The van der Waals surface area contributed by atoms with Gasteiger partial charge in [0.25, 0.3) is 20.8 Å². The lowest BCUT2D eigenvalue weighted by Gasteiger charge is -1.94. The minimum Gasteiger partial charge on any atom is -0.409 e. The molecule has 0 atom stereocenters. The molecule has 0 amide bonds. The molecule has 2 heterocycles. The average Bonchev–Trinajstić information content (AvgIpc) is 2.68. The molecular formula is C5H5N5O3S2. The third-order valence-corrected chi connectivity index (χ3v) is 2.61. The molecule has 0 fully saturated rings. The number of aromatic nitrogens is 4. The van der Waals surface area contributed by atoms with E-state index in [4.69, 9.17) is 9.56 Å². The SMILES string of the molecule is NS(=O)(=O)c1[nH]ncc1-c1n[nH]c(=S)o1. The Morgan fingerprint density at radius 1 is 1.47 bits per heavy atom. The fourth-order valence-corrected chi connectivity index (χ4v) is 1.74. The summed E-state index contributed by atoms with van der Waals surface area (Å²) in [7, 11) is -3.89. The van der Waals surface area contributed by atoms with Crippen molar-refractivity contribution in [3.8, 4) is 11.5 Å². The normalized spacial score (nSPS) is 11.8. The Morgan fingerprint density at radius 3 is 2.73 bits per heavy atom. The second kappa shape index (κ2) is 3.25. The number of hydrogen-bond donors (Lipinski definition) is 3. The standard InChI is InChI=1S/C5H5N5O3S2/c6-15(11,12)4-2(1-7-9-4)3-8-10-5(14)13-3/h1H,(H,7,9)(H,10,14)(H2,6,11,12). The van der Waals surface area contributed by atoms with Gasteiger partial charge in [-0.25, -0.2) is 18.7 Å². The van der Waals surface area contributed by atoms with Crippen LogP contribution < -0.4 is 5.14 Å². The lowest BCUT2D eigenvalue weighted by Crippen LogP contribution is -2.13. The molecular weight excluding hydrogens is 242 g/mol. The van der Waals surface area contributed by atoms with Gasteiger partial charge in [0, 0.05) is 0 Å². The van der Waals surface area contributed by atoms with Gasteiger partial charge < -0.3 is 4.42 Å². The van der Waals surface area contributed by atoms with Crippen LogP contribution in [0.5, 0.6) is 0 Å². The van der Waals surface area contributed by atoms with Crippen LogP contribution in [0.2, 0.25) is 0 Å². The first-order valence-corrected chi connectivity index (χ1v) is 5.56. The van der Waals surface area contributed by atoms with E-state index in [2.05, 4.69) is 32.6 Å². The van der Waals surface area contributed by atoms with Gasteiger partial charge in [0.15, 0.2) is 5.03 Å². The number of H-pyrrole nitrogens is 2. The van der Waals surface area contributed by atoms with Crippen LogP contribution in [-0.2, 0) is 10.0 Å². The first-order valence-electron chi connectivity index (χ1n) is 3.60. The highest BCUT2D eigenvalue weighted by Gasteiger charge is 2.20. The zero-order valence-electron chi connectivity index (χ0n) is 7.09. The summed E-state index contributed by atoms with van der Waals surface area (Å²) >= 11 is 4.65. The zero-order valence-corrected chi connectivity index (χ0v) is 8.72. The van der Waals surface area contributed by atoms with E-state index in [1.54, 1.807) is 0 Å². The summed E-state index contributed by atoms with van der Waals surface area (Å²) in [6.07, 6.45) is 1.23. The number of primary sulfonamides is 1. The molecule has 0 saturated carbocycles. The summed E-state index contributed by atoms with van der Waals surface area (Å²) in [5.41, 5.74) is 0.129. The molecule has 2 aromatic rings. The first-order chi connectivity index (χ1) is 6.98. The van der Waals surface area contributed by atoms with Crippen molar-refractivity contribution in [1.82, 2.24) is 20.4 Å². The third kappa shape index (κ3) is 1.82. The van der Waals surface area contributed by atoms with E-state index < -0.39 is 10.0 Å². The van der Waals surface area contributed by atoms with E-state index in [9.17, 15) is 8.42 Å². The monoisotopic (exact) mass is 247 g/mol. The molecule has 0 aliphatic carbocycles. The summed E-state index contributed by atoms with van der Waals surface area (Å²) in [5, 5.41) is 16.5. The quantitative estimate of drug-likeness (QED) is 0.628. The molecule has 8 nitrogen and oxygen atoms in total. The third-order valence-electron chi connectivity index (χ3n) is 1.56. The highest BCUT2D eigenvalue weighted by molar-refractivity contribution is 7.89. The van der Waals surface area contributed by atoms with Crippen molar-refractivity contribution in [2.75, 3.05) is 0 Å². The second-order valence-corrected chi connectivity index (χ2v) is 4.45. The molecule has 0 unspecified atom stereocenters. The van der Waals surface area contributed by atoms with Crippen molar-refractivity contribution in [2.24, 2.45) is 5.14 Å². The lowest BCUT2D eigenvalue weighted by molar-refractivity contribution is 0.549. The number of nitrogens with two attached hydrogens (primary N) is 1. The molecule has 0 aliphatic rings. The number of aromatic amines is 2. The topological polar surface area (TPSA) is 131 Å². The van der Waals surface area contributed by atoms with E-state index in [1.165, 1.54) is 6.20 Å². The van der Waals surface area contributed by atoms with Gasteiger partial charge in [-0.05, 0) is 12.2 Å². The Kier molecular flexibility index (Phi) is 2.17. The Hall–Kier alpha value is -1.52. The number of sulfonamides is 1. The van der Waals surface area contributed by atoms with Crippen LogP contribution in [-0.4, -0.2) is 28.8 Å². The summed E-state index contributed by atoms with van der Waals surface area (Å²) in [6, 6.07) is 0. The molecule has 0 bridgehead atoms. The van der Waals surface area contributed by atoms with E-state index >= 15 is 0 Å². The van der Waals surface area contributed by atoms with Crippen LogP contribution in [0.3, 0.4) is 0 Å². The van der Waals surface area contributed by atoms with Gasteiger partial charge in [-0.15, -0.1) is 5.10 Å². The Labute approximate surface area is 88.5 Å². The van der Waals surface area contributed by atoms with Crippen LogP contribution in [0, 0.1) is 4.84 Å². The molecule has 80 valence electrons. The highest BCUT2D eigenvalue weighted by Crippen LogP contribution is 2.21. The molecule has 4 N–H and O–H groups in total. The number of hydrogen-bond acceptors (Lipinski definition) is 6. The van der Waals surface area contributed by atoms with E-state index in [0.717, 1.165) is 0 Å². The number of nitrogens with one attached hydrogen (secondary N) is 2. The lowest BCUT2D eigenvalue weighted by atomic mass is 10.4. The maximum atomic E-state index is 11.1. The van der Waals surface area contributed by atoms with Crippen LogP contribution in [0.15, 0.2) is 15.6 Å². The zero-order chi connectivity index (χ0) is 11.1. The average molecular weight is 247 g/mol. The van der Waals surface area contributed by atoms with Crippen LogP contribution >= 0.6 is 12.2 Å². The molecule has 0 spiro atoms. The summed E-state index contributed by atoms with van der Waals surface area (Å²) in [5.74, 6) is 0.0118. The molecule has 2 aromatic heterocycles. The first kappa shape index (κ1) is 10.0. The number of rotatable bonds is 2.